The normalized spacial score (nSPS) is 11.7. The van der Waals surface area contributed by atoms with Gasteiger partial charge in [-0.2, -0.15) is 0 Å². The molecule has 0 aromatic carbocycles. The van der Waals surface area contributed by atoms with Crippen molar-refractivity contribution in [2.24, 2.45) is 0 Å². The van der Waals surface area contributed by atoms with E-state index in [1.54, 1.807) is 0 Å². The van der Waals surface area contributed by atoms with Gasteiger partial charge in [0.2, 0.25) is 0 Å². The van der Waals surface area contributed by atoms with Gasteiger partial charge in [-0.3, -0.25) is 0 Å². The summed E-state index contributed by atoms with van der Waals surface area (Å²) in [5, 5.41) is 5.91. The van der Waals surface area contributed by atoms with Gasteiger partial charge in [-0.1, -0.05) is 0 Å². The summed E-state index contributed by atoms with van der Waals surface area (Å²) in [4.78, 5) is 0. The Labute approximate surface area is 132 Å². The van der Waals surface area contributed by atoms with Crippen molar-refractivity contribution in [1.82, 2.24) is 0 Å². The van der Waals surface area contributed by atoms with E-state index in [0.29, 0.717) is 0 Å². The summed E-state index contributed by atoms with van der Waals surface area (Å²) >= 11 is -2.25. The molecular weight excluding hydrogens is 353 g/mol. The van der Waals surface area contributed by atoms with Crippen LogP contribution < -0.4 is 0 Å². The van der Waals surface area contributed by atoms with Gasteiger partial charge in [0.05, 0.1) is 0 Å². The Morgan fingerprint density at radius 3 is 1.00 bits per heavy atom. The van der Waals surface area contributed by atoms with E-state index in [1.165, 1.54) is 72.4 Å². The molecule has 2 radical (unpaired) electrons. The van der Waals surface area contributed by atoms with Gasteiger partial charge in [-0.15, -0.1) is 0 Å². The molecule has 0 aromatic rings. The summed E-state index contributed by atoms with van der Waals surface area (Å²) in [6, 6.07) is 0. The number of rotatable bonds is 14. The fraction of sp³-hybridized carbons (Fsp3) is 1.00. The molecule has 0 saturated carbocycles. The van der Waals surface area contributed by atoms with Crippen molar-refractivity contribution in [3.8, 4) is 0 Å². The van der Waals surface area contributed by atoms with Crippen molar-refractivity contribution in [3.63, 3.8) is 0 Å². The van der Waals surface area contributed by atoms with E-state index < -0.39 is 29.4 Å². The van der Waals surface area contributed by atoms with E-state index >= 15 is 0 Å². The van der Waals surface area contributed by atoms with E-state index in [9.17, 15) is 0 Å². The summed E-state index contributed by atoms with van der Waals surface area (Å²) < 4.78 is 6.79. The molecular formula is C16H36Ge2O. The third-order valence-corrected chi connectivity index (χ3v) is 18.7. The van der Waals surface area contributed by atoms with E-state index in [0.717, 1.165) is 0 Å². The van der Waals surface area contributed by atoms with Crippen molar-refractivity contribution < 1.29 is 2.79 Å². The topological polar surface area (TPSA) is 9.23 Å². The third-order valence-electron chi connectivity index (χ3n) is 3.53. The Bertz CT molecular complexity index is 142. The van der Waals surface area contributed by atoms with Gasteiger partial charge in [-0.25, -0.2) is 0 Å². The molecule has 0 bridgehead atoms. The molecule has 1 nitrogen and oxygen atoms in total. The minimum atomic E-state index is -1.13. The second kappa shape index (κ2) is 15.4. The average molecular weight is 390 g/mol. The standard InChI is InChI=1S/C16H36Ge2O/c1-5-9-13-17(14-10-6-2)19-18(15-11-7-3)16-12-8-4/h5-16H2,1-4H3. The molecule has 0 aliphatic carbocycles. The van der Waals surface area contributed by atoms with Crippen LogP contribution in [0.4, 0.5) is 0 Å². The van der Waals surface area contributed by atoms with Gasteiger partial charge in [-0.05, 0) is 0 Å². The van der Waals surface area contributed by atoms with Crippen molar-refractivity contribution in [1.29, 1.82) is 0 Å². The predicted octanol–water partition coefficient (Wildman–Crippen LogP) is 6.19. The summed E-state index contributed by atoms with van der Waals surface area (Å²) in [5.74, 6) is 0. The Kier molecular flexibility index (Phi) is 16.3. The first-order valence-corrected chi connectivity index (χ1v) is 16.3. The van der Waals surface area contributed by atoms with Gasteiger partial charge in [0.1, 0.15) is 0 Å². The number of hydrogen-bond donors (Lipinski definition) is 0. The second-order valence-electron chi connectivity index (χ2n) is 5.59. The van der Waals surface area contributed by atoms with Crippen LogP contribution in [0.5, 0.6) is 0 Å². The van der Waals surface area contributed by atoms with Crippen LogP contribution in [0.2, 0.25) is 21.0 Å². The Morgan fingerprint density at radius 1 is 0.526 bits per heavy atom. The zero-order chi connectivity index (χ0) is 14.3. The van der Waals surface area contributed by atoms with Crippen LogP contribution in [0.25, 0.3) is 0 Å². The fourth-order valence-corrected chi connectivity index (χ4v) is 20.1. The fourth-order valence-electron chi connectivity index (χ4n) is 2.15. The zero-order valence-electron chi connectivity index (χ0n) is 13.9. The van der Waals surface area contributed by atoms with Crippen LogP contribution in [0.15, 0.2) is 0 Å². The van der Waals surface area contributed by atoms with Crippen molar-refractivity contribution in [2.75, 3.05) is 0 Å². The van der Waals surface area contributed by atoms with Crippen molar-refractivity contribution in [3.05, 3.63) is 0 Å². The summed E-state index contributed by atoms with van der Waals surface area (Å²) in [5.41, 5.74) is 0. The zero-order valence-corrected chi connectivity index (χ0v) is 18.1. The summed E-state index contributed by atoms with van der Waals surface area (Å²) in [6.07, 6.45) is 11.1. The average Bonchev–Trinajstić information content (AvgIpc) is 2.44. The first kappa shape index (κ1) is 20.0. The molecule has 0 heterocycles. The molecule has 0 amide bonds. The van der Waals surface area contributed by atoms with Crippen LogP contribution in [-0.4, -0.2) is 29.4 Å². The van der Waals surface area contributed by atoms with Crippen LogP contribution in [0, 0.1) is 0 Å². The van der Waals surface area contributed by atoms with Gasteiger partial charge < -0.3 is 0 Å². The summed E-state index contributed by atoms with van der Waals surface area (Å²) in [6.45, 7) is 9.28. The molecule has 0 unspecified atom stereocenters. The maximum atomic E-state index is 6.79. The summed E-state index contributed by atoms with van der Waals surface area (Å²) in [7, 11) is 0. The van der Waals surface area contributed by atoms with Crippen molar-refractivity contribution in [2.45, 2.75) is 100 Å². The maximum absolute atomic E-state index is 6.79. The quantitative estimate of drug-likeness (QED) is 0.322. The molecule has 0 saturated heterocycles. The van der Waals surface area contributed by atoms with Crippen molar-refractivity contribution >= 4 is 29.4 Å². The molecule has 0 atom stereocenters. The monoisotopic (exact) mass is 392 g/mol. The molecule has 0 N–H and O–H groups in total. The van der Waals surface area contributed by atoms with Gasteiger partial charge in [0.25, 0.3) is 0 Å². The van der Waals surface area contributed by atoms with Crippen LogP contribution in [-0.2, 0) is 2.79 Å². The second-order valence-corrected chi connectivity index (χ2v) is 17.0. The minimum absolute atomic E-state index is 1.13. The Morgan fingerprint density at radius 2 is 0.789 bits per heavy atom. The van der Waals surface area contributed by atoms with Crippen LogP contribution >= 0.6 is 0 Å². The molecule has 0 aromatic heterocycles. The van der Waals surface area contributed by atoms with E-state index in [2.05, 4.69) is 27.7 Å². The van der Waals surface area contributed by atoms with E-state index in [1.807, 2.05) is 0 Å². The molecule has 3 heteroatoms. The third kappa shape index (κ3) is 12.5. The Hall–Kier alpha value is 1.05. The van der Waals surface area contributed by atoms with Gasteiger partial charge in [0, 0.05) is 0 Å². The van der Waals surface area contributed by atoms with E-state index in [-0.39, 0.29) is 0 Å². The molecule has 0 fully saturated rings. The SMILES string of the molecule is CCC[CH2][Ge]([CH2]CCC)[O][Ge]([CH2]CCC)[CH2]CCC. The number of hydrogen-bond acceptors (Lipinski definition) is 1. The Balaban J connectivity index is 4.16. The van der Waals surface area contributed by atoms with Gasteiger partial charge in [0.15, 0.2) is 0 Å². The van der Waals surface area contributed by atoms with Crippen LogP contribution in [0.3, 0.4) is 0 Å². The van der Waals surface area contributed by atoms with Gasteiger partial charge >= 0.3 is 132 Å². The number of unbranched alkanes of at least 4 members (excludes halogenated alkanes) is 4. The van der Waals surface area contributed by atoms with Crippen LogP contribution in [0.1, 0.15) is 79.1 Å². The molecule has 0 rings (SSSR count). The molecule has 0 spiro atoms. The van der Waals surface area contributed by atoms with E-state index in [4.69, 9.17) is 2.79 Å². The molecule has 0 aliphatic rings. The molecule has 114 valence electrons. The predicted molar refractivity (Wildman–Crippen MR) is 91.5 cm³/mol. The first-order valence-electron chi connectivity index (χ1n) is 8.65. The molecule has 0 aliphatic heterocycles. The first-order chi connectivity index (χ1) is 9.28. The molecule has 19 heavy (non-hydrogen) atoms.